The minimum Gasteiger partial charge on any atom is -0.493 e. The summed E-state index contributed by atoms with van der Waals surface area (Å²) in [6.45, 7) is 3.51. The van der Waals surface area contributed by atoms with Crippen LogP contribution in [-0.2, 0) is 16.1 Å². The number of para-hydroxylation sites is 1. The molecule has 0 spiro atoms. The van der Waals surface area contributed by atoms with Crippen molar-refractivity contribution in [1.82, 2.24) is 10.6 Å². The average molecular weight is 463 g/mol. The molecule has 1 unspecified atom stereocenters. The number of urea groups is 1. The van der Waals surface area contributed by atoms with Gasteiger partial charge in [-0.05, 0) is 24.1 Å². The maximum Gasteiger partial charge on any atom is 0.337 e. The third kappa shape index (κ3) is 4.65. The number of rotatable bonds is 7. The lowest BCUT2D eigenvalue weighted by Crippen LogP contribution is -2.47. The number of allylic oxidation sites excluding steroid dienone is 1. The van der Waals surface area contributed by atoms with E-state index in [1.807, 2.05) is 13.8 Å². The summed E-state index contributed by atoms with van der Waals surface area (Å²) in [4.78, 5) is 25.1. The summed E-state index contributed by atoms with van der Waals surface area (Å²) in [6, 6.07) is 8.05. The number of benzene rings is 2. The Balaban J connectivity index is 2.11. The van der Waals surface area contributed by atoms with E-state index >= 15 is 0 Å². The normalized spacial score (nSPS) is 15.8. The Morgan fingerprint density at radius 2 is 1.91 bits per heavy atom. The van der Waals surface area contributed by atoms with Crippen molar-refractivity contribution >= 4 is 23.6 Å². The lowest BCUT2D eigenvalue weighted by molar-refractivity contribution is -0.136. The standard InChI is InChI=1S/C23H24ClFN2O5/c1-12(2)19-18(22(28)31-4)20(27-23(29)26-19)13-7-5-10-17(30-3)21(13)32-11-14-15(24)8-6-9-16(14)25/h5-10,12,20H,11H2,1-4H3,(H2,26,27,29). The van der Waals surface area contributed by atoms with E-state index in [0.717, 1.165) is 0 Å². The van der Waals surface area contributed by atoms with E-state index < -0.39 is 23.9 Å². The minimum absolute atomic E-state index is 0.162. The number of esters is 1. The van der Waals surface area contributed by atoms with Crippen LogP contribution in [0.5, 0.6) is 11.5 Å². The SMILES string of the molecule is COC(=O)C1=C(C(C)C)NC(=O)NC1c1cccc(OC)c1OCc1c(F)cccc1Cl. The Labute approximate surface area is 190 Å². The summed E-state index contributed by atoms with van der Waals surface area (Å²) in [7, 11) is 2.73. The van der Waals surface area contributed by atoms with Gasteiger partial charge in [-0.25, -0.2) is 14.0 Å². The predicted octanol–water partition coefficient (Wildman–Crippen LogP) is 4.50. The smallest absolute Gasteiger partial charge is 0.337 e. The third-order valence-electron chi connectivity index (χ3n) is 5.05. The first-order valence-corrected chi connectivity index (χ1v) is 10.3. The van der Waals surface area contributed by atoms with E-state index in [4.69, 9.17) is 25.8 Å². The molecule has 32 heavy (non-hydrogen) atoms. The van der Waals surface area contributed by atoms with Crippen LogP contribution in [0.4, 0.5) is 9.18 Å². The van der Waals surface area contributed by atoms with Gasteiger partial charge < -0.3 is 24.8 Å². The molecule has 0 saturated heterocycles. The quantitative estimate of drug-likeness (QED) is 0.591. The van der Waals surface area contributed by atoms with Crippen LogP contribution in [0.15, 0.2) is 47.7 Å². The predicted molar refractivity (Wildman–Crippen MR) is 117 cm³/mol. The number of carbonyl (C=O) groups is 2. The maximum atomic E-state index is 14.3. The first-order chi connectivity index (χ1) is 15.3. The van der Waals surface area contributed by atoms with Crippen molar-refractivity contribution in [2.24, 2.45) is 5.92 Å². The van der Waals surface area contributed by atoms with E-state index in [1.165, 1.54) is 26.4 Å². The van der Waals surface area contributed by atoms with Crippen molar-refractivity contribution in [3.05, 3.63) is 69.6 Å². The summed E-state index contributed by atoms with van der Waals surface area (Å²) < 4.78 is 30.6. The van der Waals surface area contributed by atoms with Gasteiger partial charge in [0.25, 0.3) is 0 Å². The molecule has 170 valence electrons. The molecule has 1 aliphatic rings. The van der Waals surface area contributed by atoms with E-state index in [-0.39, 0.29) is 34.4 Å². The summed E-state index contributed by atoms with van der Waals surface area (Å²) >= 11 is 6.13. The van der Waals surface area contributed by atoms with E-state index in [0.29, 0.717) is 17.0 Å². The number of nitrogens with one attached hydrogen (secondary N) is 2. The second kappa shape index (κ2) is 9.91. The lowest BCUT2D eigenvalue weighted by atomic mass is 9.91. The molecule has 1 atom stereocenters. The summed E-state index contributed by atoms with van der Waals surface area (Å²) in [5.74, 6) is -0.688. The zero-order chi connectivity index (χ0) is 23.4. The van der Waals surface area contributed by atoms with Gasteiger partial charge in [-0.3, -0.25) is 0 Å². The second-order valence-electron chi connectivity index (χ2n) is 7.37. The van der Waals surface area contributed by atoms with Gasteiger partial charge in [-0.15, -0.1) is 0 Å². The van der Waals surface area contributed by atoms with Crippen molar-refractivity contribution in [2.75, 3.05) is 14.2 Å². The molecule has 2 amide bonds. The van der Waals surface area contributed by atoms with Gasteiger partial charge in [0.1, 0.15) is 12.4 Å². The van der Waals surface area contributed by atoms with Crippen LogP contribution in [0.2, 0.25) is 5.02 Å². The molecule has 0 saturated carbocycles. The number of hydrogen-bond acceptors (Lipinski definition) is 5. The third-order valence-corrected chi connectivity index (χ3v) is 5.40. The number of amides is 2. The Kier molecular flexibility index (Phi) is 7.25. The Hall–Kier alpha value is -3.26. The highest BCUT2D eigenvalue weighted by atomic mass is 35.5. The Bertz CT molecular complexity index is 1050. The zero-order valence-corrected chi connectivity index (χ0v) is 18.9. The van der Waals surface area contributed by atoms with Gasteiger partial charge in [-0.2, -0.15) is 0 Å². The molecule has 0 bridgehead atoms. The van der Waals surface area contributed by atoms with E-state index in [2.05, 4.69) is 10.6 Å². The molecule has 2 aromatic carbocycles. The van der Waals surface area contributed by atoms with Gasteiger partial charge in [0.2, 0.25) is 0 Å². The highest BCUT2D eigenvalue weighted by Crippen LogP contribution is 2.40. The average Bonchev–Trinajstić information content (AvgIpc) is 2.77. The van der Waals surface area contributed by atoms with Gasteiger partial charge in [0, 0.05) is 16.8 Å². The molecule has 2 aromatic rings. The molecule has 3 rings (SSSR count). The maximum absolute atomic E-state index is 14.3. The van der Waals surface area contributed by atoms with Crippen molar-refractivity contribution in [3.63, 3.8) is 0 Å². The lowest BCUT2D eigenvalue weighted by Gasteiger charge is -2.31. The van der Waals surface area contributed by atoms with Crippen LogP contribution in [0.1, 0.15) is 31.0 Å². The fourth-order valence-corrected chi connectivity index (χ4v) is 3.72. The second-order valence-corrected chi connectivity index (χ2v) is 7.78. The zero-order valence-electron chi connectivity index (χ0n) is 18.1. The molecule has 0 aromatic heterocycles. The van der Waals surface area contributed by atoms with Crippen molar-refractivity contribution in [3.8, 4) is 11.5 Å². The van der Waals surface area contributed by atoms with Crippen molar-refractivity contribution < 1.29 is 28.2 Å². The Morgan fingerprint density at radius 1 is 1.19 bits per heavy atom. The number of methoxy groups -OCH3 is 2. The van der Waals surface area contributed by atoms with E-state index in [9.17, 15) is 14.0 Å². The van der Waals surface area contributed by atoms with Gasteiger partial charge >= 0.3 is 12.0 Å². The number of hydrogen-bond donors (Lipinski definition) is 2. The highest BCUT2D eigenvalue weighted by molar-refractivity contribution is 6.31. The van der Waals surface area contributed by atoms with Crippen LogP contribution in [0.25, 0.3) is 0 Å². The van der Waals surface area contributed by atoms with Crippen LogP contribution in [-0.4, -0.2) is 26.2 Å². The molecular weight excluding hydrogens is 439 g/mol. The number of carbonyl (C=O) groups excluding carboxylic acids is 2. The fraction of sp³-hybridized carbons (Fsp3) is 0.304. The molecule has 2 N–H and O–H groups in total. The molecule has 1 heterocycles. The summed E-state index contributed by atoms with van der Waals surface area (Å²) in [6.07, 6.45) is 0. The largest absolute Gasteiger partial charge is 0.493 e. The van der Waals surface area contributed by atoms with Crippen molar-refractivity contribution in [2.45, 2.75) is 26.5 Å². The van der Waals surface area contributed by atoms with Gasteiger partial charge in [0.15, 0.2) is 11.5 Å². The summed E-state index contributed by atoms with van der Waals surface area (Å²) in [5.41, 5.74) is 1.30. The summed E-state index contributed by atoms with van der Waals surface area (Å²) in [5, 5.41) is 5.66. The van der Waals surface area contributed by atoms with Crippen LogP contribution in [0, 0.1) is 11.7 Å². The monoisotopic (exact) mass is 462 g/mol. The molecule has 7 nitrogen and oxygen atoms in total. The first-order valence-electron chi connectivity index (χ1n) is 9.90. The van der Waals surface area contributed by atoms with Gasteiger partial charge in [0.05, 0.1) is 30.9 Å². The topological polar surface area (TPSA) is 85.9 Å². The van der Waals surface area contributed by atoms with E-state index in [1.54, 1.807) is 24.3 Å². The molecular formula is C23H24ClFN2O5. The minimum atomic E-state index is -0.880. The van der Waals surface area contributed by atoms with Crippen LogP contribution >= 0.6 is 11.6 Å². The number of halogens is 2. The molecule has 1 aliphatic heterocycles. The highest BCUT2D eigenvalue weighted by Gasteiger charge is 2.36. The van der Waals surface area contributed by atoms with Gasteiger partial charge in [-0.1, -0.05) is 43.6 Å². The molecule has 0 radical (unpaired) electrons. The van der Waals surface area contributed by atoms with Crippen LogP contribution < -0.4 is 20.1 Å². The molecule has 9 heteroatoms. The van der Waals surface area contributed by atoms with Crippen LogP contribution in [0.3, 0.4) is 0 Å². The molecule has 0 fully saturated rings. The first kappa shape index (κ1) is 23.4. The Morgan fingerprint density at radius 3 is 2.53 bits per heavy atom. The van der Waals surface area contributed by atoms with Crippen molar-refractivity contribution in [1.29, 1.82) is 0 Å². The number of ether oxygens (including phenoxy) is 3. The fourth-order valence-electron chi connectivity index (χ4n) is 3.50. The molecule has 0 aliphatic carbocycles.